The molecule has 118 valence electrons. The first-order valence-corrected chi connectivity index (χ1v) is 7.86. The van der Waals surface area contributed by atoms with Crippen molar-refractivity contribution in [3.63, 3.8) is 0 Å². The number of H-pyrrole nitrogens is 1. The highest BCUT2D eigenvalue weighted by molar-refractivity contribution is 5.87. The number of nitrogens with one attached hydrogen (secondary N) is 1. The van der Waals surface area contributed by atoms with E-state index in [1.807, 2.05) is 29.4 Å². The van der Waals surface area contributed by atoms with E-state index in [9.17, 15) is 4.79 Å². The molecule has 0 spiro atoms. The number of likely N-dealkylation sites (tertiary alicyclic amines) is 1. The zero-order valence-corrected chi connectivity index (χ0v) is 12.7. The Kier molecular flexibility index (Phi) is 3.53. The van der Waals surface area contributed by atoms with Gasteiger partial charge in [0.2, 0.25) is 5.91 Å². The minimum absolute atomic E-state index is 0.164. The highest BCUT2D eigenvalue weighted by Crippen LogP contribution is 2.22. The summed E-state index contributed by atoms with van der Waals surface area (Å²) < 4.78 is 1.80. The largest absolute Gasteiger partial charge is 0.346 e. The number of amides is 1. The first-order chi connectivity index (χ1) is 11.3. The lowest BCUT2D eigenvalue weighted by Gasteiger charge is -2.24. The highest BCUT2D eigenvalue weighted by Gasteiger charge is 2.29. The normalized spacial score (nSPS) is 17.9. The number of carbonyl (C=O) groups excluding carboxylic acids is 1. The SMILES string of the molecule is O=C(Cc1c[nH]c2ncccc12)N1CCC[C@H]1Cn1ccnn1. The van der Waals surface area contributed by atoms with Crippen LogP contribution in [0, 0.1) is 0 Å². The van der Waals surface area contributed by atoms with Gasteiger partial charge in [0.25, 0.3) is 0 Å². The van der Waals surface area contributed by atoms with Gasteiger partial charge in [-0.1, -0.05) is 5.21 Å². The predicted octanol–water partition coefficient (Wildman–Crippen LogP) is 1.39. The molecule has 1 saturated heterocycles. The fourth-order valence-corrected chi connectivity index (χ4v) is 3.32. The Hall–Kier alpha value is -2.70. The van der Waals surface area contributed by atoms with Crippen LogP contribution in [0.3, 0.4) is 0 Å². The highest BCUT2D eigenvalue weighted by atomic mass is 16.2. The van der Waals surface area contributed by atoms with Crippen LogP contribution in [-0.4, -0.2) is 48.4 Å². The number of nitrogens with zero attached hydrogens (tertiary/aromatic N) is 5. The van der Waals surface area contributed by atoms with E-state index in [0.717, 1.165) is 36.0 Å². The van der Waals surface area contributed by atoms with Gasteiger partial charge in [-0.2, -0.15) is 0 Å². The van der Waals surface area contributed by atoms with Crippen LogP contribution in [0.25, 0.3) is 11.0 Å². The van der Waals surface area contributed by atoms with Gasteiger partial charge in [0.1, 0.15) is 5.65 Å². The summed E-state index contributed by atoms with van der Waals surface area (Å²) in [5.74, 6) is 0.164. The maximum Gasteiger partial charge on any atom is 0.227 e. The quantitative estimate of drug-likeness (QED) is 0.789. The van der Waals surface area contributed by atoms with E-state index in [1.165, 1.54) is 0 Å². The molecule has 1 amide bonds. The van der Waals surface area contributed by atoms with Crippen molar-refractivity contribution in [1.29, 1.82) is 0 Å². The summed E-state index contributed by atoms with van der Waals surface area (Å²) in [6, 6.07) is 4.10. The van der Waals surface area contributed by atoms with Gasteiger partial charge >= 0.3 is 0 Å². The second-order valence-corrected chi connectivity index (χ2v) is 5.90. The predicted molar refractivity (Wildman–Crippen MR) is 84.6 cm³/mol. The van der Waals surface area contributed by atoms with Crippen molar-refractivity contribution >= 4 is 16.9 Å². The molecule has 23 heavy (non-hydrogen) atoms. The molecule has 4 heterocycles. The average molecular weight is 310 g/mol. The molecule has 3 aromatic rings. The lowest BCUT2D eigenvalue weighted by Crippen LogP contribution is -2.39. The number of pyridine rings is 1. The van der Waals surface area contributed by atoms with Crippen LogP contribution in [-0.2, 0) is 17.8 Å². The minimum atomic E-state index is 0.164. The molecule has 4 rings (SSSR count). The molecule has 0 radical (unpaired) electrons. The molecule has 3 aromatic heterocycles. The third-order valence-electron chi connectivity index (χ3n) is 4.45. The van der Waals surface area contributed by atoms with Crippen molar-refractivity contribution in [1.82, 2.24) is 29.9 Å². The lowest BCUT2D eigenvalue weighted by atomic mass is 10.1. The van der Waals surface area contributed by atoms with Gasteiger partial charge in [0.15, 0.2) is 0 Å². The van der Waals surface area contributed by atoms with Crippen molar-refractivity contribution in [2.45, 2.75) is 31.8 Å². The molecule has 7 nitrogen and oxygen atoms in total. The Morgan fingerprint density at radius 1 is 1.39 bits per heavy atom. The lowest BCUT2D eigenvalue weighted by molar-refractivity contribution is -0.131. The van der Waals surface area contributed by atoms with Gasteiger partial charge < -0.3 is 9.88 Å². The monoisotopic (exact) mass is 310 g/mol. The van der Waals surface area contributed by atoms with E-state index < -0.39 is 0 Å². The molecule has 0 aromatic carbocycles. The summed E-state index contributed by atoms with van der Waals surface area (Å²) >= 11 is 0. The molecule has 0 saturated carbocycles. The van der Waals surface area contributed by atoms with Gasteiger partial charge in [-0.3, -0.25) is 9.48 Å². The third-order valence-corrected chi connectivity index (χ3v) is 4.45. The molecule has 1 aliphatic rings. The molecule has 1 fully saturated rings. The van der Waals surface area contributed by atoms with Crippen LogP contribution in [0.2, 0.25) is 0 Å². The van der Waals surface area contributed by atoms with Gasteiger partial charge in [-0.15, -0.1) is 5.10 Å². The number of aromatic nitrogens is 5. The number of hydrogen-bond donors (Lipinski definition) is 1. The van der Waals surface area contributed by atoms with Gasteiger partial charge in [-0.25, -0.2) is 4.98 Å². The Morgan fingerprint density at radius 3 is 3.22 bits per heavy atom. The maximum atomic E-state index is 12.7. The first-order valence-electron chi connectivity index (χ1n) is 7.86. The molecule has 0 bridgehead atoms. The van der Waals surface area contributed by atoms with Crippen LogP contribution < -0.4 is 0 Å². The number of carbonyl (C=O) groups is 1. The molecule has 1 aliphatic heterocycles. The molecular weight excluding hydrogens is 292 g/mol. The summed E-state index contributed by atoms with van der Waals surface area (Å²) in [5, 5.41) is 8.85. The van der Waals surface area contributed by atoms with Crippen molar-refractivity contribution in [2.24, 2.45) is 0 Å². The van der Waals surface area contributed by atoms with Gasteiger partial charge in [0.05, 0.1) is 25.2 Å². The molecule has 1 atom stereocenters. The molecule has 7 heteroatoms. The fourth-order valence-electron chi connectivity index (χ4n) is 3.32. The Balaban J connectivity index is 1.49. The second kappa shape index (κ2) is 5.83. The first kappa shape index (κ1) is 13.9. The maximum absolute atomic E-state index is 12.7. The summed E-state index contributed by atoms with van der Waals surface area (Å²) in [6.45, 7) is 1.53. The number of hydrogen-bond acceptors (Lipinski definition) is 4. The van der Waals surface area contributed by atoms with Crippen LogP contribution in [0.4, 0.5) is 0 Å². The van der Waals surface area contributed by atoms with E-state index in [1.54, 1.807) is 17.1 Å². The summed E-state index contributed by atoms with van der Waals surface area (Å²) in [7, 11) is 0. The summed E-state index contributed by atoms with van der Waals surface area (Å²) in [6.07, 6.45) is 9.60. The van der Waals surface area contributed by atoms with E-state index in [4.69, 9.17) is 0 Å². The number of aromatic amines is 1. The van der Waals surface area contributed by atoms with Crippen molar-refractivity contribution in [3.8, 4) is 0 Å². The topological polar surface area (TPSA) is 79.7 Å². The van der Waals surface area contributed by atoms with Crippen LogP contribution in [0.5, 0.6) is 0 Å². The van der Waals surface area contributed by atoms with E-state index in [2.05, 4.69) is 20.3 Å². The fraction of sp³-hybridized carbons (Fsp3) is 0.375. The van der Waals surface area contributed by atoms with Crippen molar-refractivity contribution < 1.29 is 4.79 Å². The summed E-state index contributed by atoms with van der Waals surface area (Å²) in [5.41, 5.74) is 1.83. The third kappa shape index (κ3) is 2.69. The van der Waals surface area contributed by atoms with E-state index >= 15 is 0 Å². The zero-order chi connectivity index (χ0) is 15.6. The van der Waals surface area contributed by atoms with Crippen molar-refractivity contribution in [2.75, 3.05) is 6.54 Å². The van der Waals surface area contributed by atoms with Gasteiger partial charge in [-0.05, 0) is 30.5 Å². The smallest absolute Gasteiger partial charge is 0.227 e. The second-order valence-electron chi connectivity index (χ2n) is 5.90. The molecular formula is C16H18N6O. The Bertz CT molecular complexity index is 809. The number of rotatable bonds is 4. The molecule has 0 unspecified atom stereocenters. The number of fused-ring (bicyclic) bond motifs is 1. The van der Waals surface area contributed by atoms with Gasteiger partial charge in [0, 0.05) is 30.5 Å². The van der Waals surface area contributed by atoms with Crippen LogP contribution >= 0.6 is 0 Å². The van der Waals surface area contributed by atoms with Crippen LogP contribution in [0.1, 0.15) is 18.4 Å². The minimum Gasteiger partial charge on any atom is -0.346 e. The zero-order valence-electron chi connectivity index (χ0n) is 12.7. The Morgan fingerprint density at radius 2 is 2.35 bits per heavy atom. The molecule has 1 N–H and O–H groups in total. The van der Waals surface area contributed by atoms with Crippen molar-refractivity contribution in [3.05, 3.63) is 42.5 Å². The van der Waals surface area contributed by atoms with E-state index in [0.29, 0.717) is 13.0 Å². The van der Waals surface area contributed by atoms with Crippen LogP contribution in [0.15, 0.2) is 36.9 Å². The average Bonchev–Trinajstić information content (AvgIpc) is 3.29. The summed E-state index contributed by atoms with van der Waals surface area (Å²) in [4.78, 5) is 22.1. The standard InChI is InChI=1S/C16H18N6O/c23-15(9-12-10-18-16-14(12)4-1-5-17-16)22-7-2-3-13(22)11-21-8-6-19-20-21/h1,4-6,8,10,13H,2-3,7,9,11H2,(H,17,18)/t13-/m0/s1. The molecule has 0 aliphatic carbocycles. The Labute approximate surface area is 133 Å². The van der Waals surface area contributed by atoms with E-state index in [-0.39, 0.29) is 11.9 Å².